The van der Waals surface area contributed by atoms with Gasteiger partial charge in [-0.25, -0.2) is 0 Å². The van der Waals surface area contributed by atoms with E-state index in [1.54, 1.807) is 12.1 Å². The van der Waals surface area contributed by atoms with Crippen LogP contribution in [-0.4, -0.2) is 16.8 Å². The Hall–Kier alpha value is -1.22. The fourth-order valence-corrected chi connectivity index (χ4v) is 1.08. The summed E-state index contributed by atoms with van der Waals surface area (Å²) in [5.41, 5.74) is 7.18. The van der Waals surface area contributed by atoms with Crippen LogP contribution in [0.2, 0.25) is 0 Å². The second-order valence-electron chi connectivity index (χ2n) is 2.71. The molecule has 12 heavy (non-hydrogen) atoms. The third-order valence-corrected chi connectivity index (χ3v) is 1.73. The molecule has 1 rings (SSSR count). The summed E-state index contributed by atoms with van der Waals surface area (Å²) in [7, 11) is 0. The molecule has 0 saturated heterocycles. The second kappa shape index (κ2) is 3.97. The molecule has 3 heteroatoms. The molecule has 0 atom stereocenters. The number of aliphatic hydroxyl groups is 1. The normalized spacial score (nSPS) is 10.1. The molecular formula is C9H13NO2. The number of anilines is 1. The van der Waals surface area contributed by atoms with Crippen LogP contribution >= 0.6 is 0 Å². The number of phenols is 1. The summed E-state index contributed by atoms with van der Waals surface area (Å²) in [4.78, 5) is 0. The zero-order chi connectivity index (χ0) is 8.97. The third kappa shape index (κ3) is 2.13. The molecule has 0 fully saturated rings. The lowest BCUT2D eigenvalue weighted by Gasteiger charge is -2.04. The van der Waals surface area contributed by atoms with Crippen molar-refractivity contribution in [2.45, 2.75) is 12.8 Å². The molecule has 0 saturated carbocycles. The lowest BCUT2D eigenvalue weighted by molar-refractivity contribution is 0.288. The van der Waals surface area contributed by atoms with Crippen molar-refractivity contribution in [1.29, 1.82) is 0 Å². The van der Waals surface area contributed by atoms with Crippen LogP contribution in [0.5, 0.6) is 5.75 Å². The van der Waals surface area contributed by atoms with Crippen molar-refractivity contribution in [1.82, 2.24) is 0 Å². The Morgan fingerprint density at radius 2 is 2.08 bits per heavy atom. The van der Waals surface area contributed by atoms with Gasteiger partial charge in [0, 0.05) is 18.4 Å². The SMILES string of the molecule is Nc1cc(O)ccc1CCCO. The molecule has 0 aromatic heterocycles. The van der Waals surface area contributed by atoms with Gasteiger partial charge in [-0.15, -0.1) is 0 Å². The first-order valence-corrected chi connectivity index (χ1v) is 3.92. The highest BCUT2D eigenvalue weighted by Crippen LogP contribution is 2.19. The summed E-state index contributed by atoms with van der Waals surface area (Å²) in [6, 6.07) is 4.90. The van der Waals surface area contributed by atoms with Gasteiger partial charge in [-0.3, -0.25) is 0 Å². The number of phenolic OH excluding ortho intramolecular Hbond substituents is 1. The van der Waals surface area contributed by atoms with Gasteiger partial charge >= 0.3 is 0 Å². The zero-order valence-electron chi connectivity index (χ0n) is 6.83. The van der Waals surface area contributed by atoms with E-state index in [1.165, 1.54) is 6.07 Å². The fraction of sp³-hybridized carbons (Fsp3) is 0.333. The number of rotatable bonds is 3. The quantitative estimate of drug-likeness (QED) is 0.586. The Morgan fingerprint density at radius 3 is 2.67 bits per heavy atom. The van der Waals surface area contributed by atoms with Crippen molar-refractivity contribution in [2.24, 2.45) is 0 Å². The molecule has 1 aromatic carbocycles. The summed E-state index contributed by atoms with van der Waals surface area (Å²) in [5, 5.41) is 17.6. The number of benzene rings is 1. The molecular weight excluding hydrogens is 154 g/mol. The van der Waals surface area contributed by atoms with Crippen LogP contribution in [-0.2, 0) is 6.42 Å². The van der Waals surface area contributed by atoms with Gasteiger partial charge in [-0.1, -0.05) is 6.07 Å². The summed E-state index contributed by atoms with van der Waals surface area (Å²) < 4.78 is 0. The lowest BCUT2D eigenvalue weighted by atomic mass is 10.1. The molecule has 0 radical (unpaired) electrons. The maximum atomic E-state index is 9.03. The number of aromatic hydroxyl groups is 1. The molecule has 4 N–H and O–H groups in total. The molecule has 0 aliphatic carbocycles. The Bertz CT molecular complexity index is 261. The van der Waals surface area contributed by atoms with E-state index in [2.05, 4.69) is 0 Å². The Kier molecular flexibility index (Phi) is 2.94. The predicted octanol–water partition coefficient (Wildman–Crippen LogP) is 0.899. The van der Waals surface area contributed by atoms with Crippen LogP contribution in [0.1, 0.15) is 12.0 Å². The smallest absolute Gasteiger partial charge is 0.117 e. The van der Waals surface area contributed by atoms with Gasteiger partial charge in [0.25, 0.3) is 0 Å². The minimum atomic E-state index is 0.167. The molecule has 0 aliphatic rings. The number of nitrogen functional groups attached to an aromatic ring is 1. The van der Waals surface area contributed by atoms with Gasteiger partial charge in [-0.2, -0.15) is 0 Å². The van der Waals surface area contributed by atoms with Crippen molar-refractivity contribution in [3.63, 3.8) is 0 Å². The predicted molar refractivity (Wildman–Crippen MR) is 47.9 cm³/mol. The highest BCUT2D eigenvalue weighted by Gasteiger charge is 1.98. The van der Waals surface area contributed by atoms with E-state index in [1.807, 2.05) is 0 Å². The summed E-state index contributed by atoms with van der Waals surface area (Å²) in [6.45, 7) is 0.167. The van der Waals surface area contributed by atoms with E-state index in [4.69, 9.17) is 15.9 Å². The Morgan fingerprint density at radius 1 is 1.33 bits per heavy atom. The van der Waals surface area contributed by atoms with Gasteiger partial charge < -0.3 is 15.9 Å². The first kappa shape index (κ1) is 8.87. The Balaban J connectivity index is 2.72. The molecule has 3 nitrogen and oxygen atoms in total. The van der Waals surface area contributed by atoms with Crippen LogP contribution < -0.4 is 5.73 Å². The Labute approximate surface area is 71.5 Å². The topological polar surface area (TPSA) is 66.5 Å². The minimum absolute atomic E-state index is 0.167. The molecule has 1 aromatic rings. The van der Waals surface area contributed by atoms with Crippen molar-refractivity contribution in [3.8, 4) is 5.75 Å². The maximum absolute atomic E-state index is 9.03. The number of aryl methyl sites for hydroxylation is 1. The van der Waals surface area contributed by atoms with Gasteiger partial charge in [0.15, 0.2) is 0 Å². The molecule has 0 heterocycles. The van der Waals surface area contributed by atoms with Crippen LogP contribution in [0, 0.1) is 0 Å². The van der Waals surface area contributed by atoms with Crippen molar-refractivity contribution >= 4 is 5.69 Å². The van der Waals surface area contributed by atoms with E-state index in [0.29, 0.717) is 12.1 Å². The van der Waals surface area contributed by atoms with Gasteiger partial charge in [0.1, 0.15) is 5.75 Å². The van der Waals surface area contributed by atoms with Crippen LogP contribution in [0.3, 0.4) is 0 Å². The molecule has 66 valence electrons. The van der Waals surface area contributed by atoms with E-state index in [9.17, 15) is 0 Å². The van der Waals surface area contributed by atoms with E-state index in [0.717, 1.165) is 12.0 Å². The summed E-state index contributed by atoms with van der Waals surface area (Å²) in [6.07, 6.45) is 1.46. The maximum Gasteiger partial charge on any atom is 0.117 e. The number of nitrogens with two attached hydrogens (primary N) is 1. The average Bonchev–Trinajstić information content (AvgIpc) is 2.03. The van der Waals surface area contributed by atoms with Crippen molar-refractivity contribution in [2.75, 3.05) is 12.3 Å². The molecule has 0 unspecified atom stereocenters. The zero-order valence-corrected chi connectivity index (χ0v) is 6.83. The highest BCUT2D eigenvalue weighted by atomic mass is 16.3. The monoisotopic (exact) mass is 167 g/mol. The van der Waals surface area contributed by atoms with Crippen molar-refractivity contribution in [3.05, 3.63) is 23.8 Å². The number of hydrogen-bond donors (Lipinski definition) is 3. The largest absolute Gasteiger partial charge is 0.508 e. The first-order valence-electron chi connectivity index (χ1n) is 3.92. The van der Waals surface area contributed by atoms with Gasteiger partial charge in [0.05, 0.1) is 0 Å². The van der Waals surface area contributed by atoms with Crippen LogP contribution in [0.4, 0.5) is 5.69 Å². The fourth-order valence-electron chi connectivity index (χ4n) is 1.08. The summed E-state index contributed by atoms with van der Waals surface area (Å²) >= 11 is 0. The van der Waals surface area contributed by atoms with Gasteiger partial charge in [-0.05, 0) is 24.5 Å². The molecule has 0 amide bonds. The summed E-state index contributed by atoms with van der Waals surface area (Å²) in [5.74, 6) is 0.181. The highest BCUT2D eigenvalue weighted by molar-refractivity contribution is 5.50. The number of hydrogen-bond acceptors (Lipinski definition) is 3. The third-order valence-electron chi connectivity index (χ3n) is 1.73. The molecule has 0 aliphatic heterocycles. The average molecular weight is 167 g/mol. The van der Waals surface area contributed by atoms with E-state index >= 15 is 0 Å². The molecule has 0 spiro atoms. The van der Waals surface area contributed by atoms with E-state index in [-0.39, 0.29) is 12.4 Å². The molecule has 0 bridgehead atoms. The first-order chi connectivity index (χ1) is 5.74. The second-order valence-corrected chi connectivity index (χ2v) is 2.71. The van der Waals surface area contributed by atoms with Crippen molar-refractivity contribution < 1.29 is 10.2 Å². The lowest BCUT2D eigenvalue weighted by Crippen LogP contribution is -1.95. The van der Waals surface area contributed by atoms with Crippen LogP contribution in [0.15, 0.2) is 18.2 Å². The number of aliphatic hydroxyl groups excluding tert-OH is 1. The van der Waals surface area contributed by atoms with E-state index < -0.39 is 0 Å². The van der Waals surface area contributed by atoms with Crippen LogP contribution in [0.25, 0.3) is 0 Å². The van der Waals surface area contributed by atoms with Gasteiger partial charge in [0.2, 0.25) is 0 Å². The standard InChI is InChI=1S/C9H13NO2/c10-9-6-8(12)4-3-7(9)2-1-5-11/h3-4,6,11-12H,1-2,5,10H2. The minimum Gasteiger partial charge on any atom is -0.508 e.